The highest BCUT2D eigenvalue weighted by molar-refractivity contribution is 14.1. The van der Waals surface area contributed by atoms with E-state index >= 15 is 0 Å². The van der Waals surface area contributed by atoms with Crippen LogP contribution in [0.25, 0.3) is 17.5 Å². The Bertz CT molecular complexity index is 879. The van der Waals surface area contributed by atoms with E-state index in [0.29, 0.717) is 17.3 Å². The summed E-state index contributed by atoms with van der Waals surface area (Å²) in [5, 5.41) is 0. The molecule has 0 aliphatic rings. The smallest absolute Gasteiger partial charge is 0.331 e. The molecule has 0 radical (unpaired) electrons. The van der Waals surface area contributed by atoms with Gasteiger partial charge < -0.3 is 18.3 Å². The summed E-state index contributed by atoms with van der Waals surface area (Å²) in [6.45, 7) is 0.0263. The molecule has 7 heteroatoms. The molecule has 0 saturated heterocycles. The van der Waals surface area contributed by atoms with Gasteiger partial charge in [-0.25, -0.2) is 9.78 Å². The Morgan fingerprint density at radius 1 is 1.24 bits per heavy atom. The third kappa shape index (κ3) is 4.72. The fourth-order valence-electron chi connectivity index (χ4n) is 2.00. The standard InChI is InChI=1S/C18H14INO5/c1-22-14-4-2-12(3-5-14)18-20-13(11-24-18)10-23-17(21)9-7-15-6-8-16(19)25-15/h2-9,11H,10H2,1H3/b9-7+. The molecule has 0 unspecified atom stereocenters. The van der Waals surface area contributed by atoms with Gasteiger partial charge in [-0.1, -0.05) is 0 Å². The Hall–Kier alpha value is -2.55. The summed E-state index contributed by atoms with van der Waals surface area (Å²) in [6.07, 6.45) is 4.32. The number of rotatable bonds is 6. The van der Waals surface area contributed by atoms with Crippen molar-refractivity contribution < 1.29 is 23.1 Å². The van der Waals surface area contributed by atoms with Crippen molar-refractivity contribution in [2.75, 3.05) is 7.11 Å². The fourth-order valence-corrected chi connectivity index (χ4v) is 2.43. The van der Waals surface area contributed by atoms with Crippen LogP contribution in [0.3, 0.4) is 0 Å². The van der Waals surface area contributed by atoms with Crippen LogP contribution >= 0.6 is 22.6 Å². The lowest BCUT2D eigenvalue weighted by molar-refractivity contribution is -0.139. The van der Waals surface area contributed by atoms with E-state index in [1.807, 2.05) is 30.3 Å². The maximum atomic E-state index is 11.7. The topological polar surface area (TPSA) is 74.7 Å². The van der Waals surface area contributed by atoms with Crippen LogP contribution in [-0.2, 0) is 16.1 Å². The molecule has 0 saturated carbocycles. The highest BCUT2D eigenvalue weighted by Gasteiger charge is 2.08. The van der Waals surface area contributed by atoms with Crippen LogP contribution in [-0.4, -0.2) is 18.1 Å². The molecule has 0 aliphatic carbocycles. The van der Waals surface area contributed by atoms with Crippen LogP contribution in [0.15, 0.2) is 57.6 Å². The van der Waals surface area contributed by atoms with Crippen LogP contribution in [0.4, 0.5) is 0 Å². The van der Waals surface area contributed by atoms with Crippen molar-refractivity contribution in [3.05, 3.63) is 64.0 Å². The Labute approximate surface area is 157 Å². The Morgan fingerprint density at radius 2 is 2.04 bits per heavy atom. The first kappa shape index (κ1) is 17.3. The molecule has 0 N–H and O–H groups in total. The van der Waals surface area contributed by atoms with E-state index in [0.717, 1.165) is 15.1 Å². The molecule has 1 aromatic carbocycles. The number of carbonyl (C=O) groups excluding carboxylic acids is 1. The largest absolute Gasteiger partial charge is 0.497 e. The van der Waals surface area contributed by atoms with Crippen LogP contribution < -0.4 is 4.74 Å². The number of ether oxygens (including phenoxy) is 2. The second-order valence-corrected chi connectivity index (χ2v) is 6.02. The molecule has 3 aromatic rings. The number of hydrogen-bond acceptors (Lipinski definition) is 6. The lowest BCUT2D eigenvalue weighted by atomic mass is 10.2. The minimum absolute atomic E-state index is 0.0263. The van der Waals surface area contributed by atoms with E-state index in [1.165, 1.54) is 12.3 Å². The zero-order valence-electron chi connectivity index (χ0n) is 13.3. The second-order valence-electron chi connectivity index (χ2n) is 4.96. The van der Waals surface area contributed by atoms with Crippen molar-refractivity contribution in [3.63, 3.8) is 0 Å². The molecule has 0 spiro atoms. The van der Waals surface area contributed by atoms with Gasteiger partial charge in [0.2, 0.25) is 5.89 Å². The Kier molecular flexibility index (Phi) is 5.54. The first-order chi connectivity index (χ1) is 12.1. The summed E-state index contributed by atoms with van der Waals surface area (Å²) in [4.78, 5) is 16.0. The van der Waals surface area contributed by atoms with Gasteiger partial charge in [0.05, 0.1) is 7.11 Å². The molecule has 0 fully saturated rings. The van der Waals surface area contributed by atoms with Crippen molar-refractivity contribution in [2.45, 2.75) is 6.61 Å². The van der Waals surface area contributed by atoms with Crippen LogP contribution in [0.2, 0.25) is 0 Å². The van der Waals surface area contributed by atoms with Crippen molar-refractivity contribution in [2.24, 2.45) is 0 Å². The van der Waals surface area contributed by atoms with E-state index < -0.39 is 5.97 Å². The number of halogens is 1. The number of benzene rings is 1. The first-order valence-electron chi connectivity index (χ1n) is 7.33. The molecule has 0 aliphatic heterocycles. The molecule has 128 valence electrons. The van der Waals surface area contributed by atoms with Gasteiger partial charge in [-0.05, 0) is 65.1 Å². The van der Waals surface area contributed by atoms with E-state index in [-0.39, 0.29) is 6.61 Å². The summed E-state index contributed by atoms with van der Waals surface area (Å²) in [5.74, 6) is 1.31. The highest BCUT2D eigenvalue weighted by Crippen LogP contribution is 2.22. The minimum Gasteiger partial charge on any atom is -0.497 e. The summed E-state index contributed by atoms with van der Waals surface area (Å²) in [5.41, 5.74) is 1.34. The third-order valence-electron chi connectivity index (χ3n) is 3.23. The quantitative estimate of drug-likeness (QED) is 0.316. The molecule has 3 rings (SSSR count). The fraction of sp³-hybridized carbons (Fsp3) is 0.111. The normalized spacial score (nSPS) is 11.0. The number of esters is 1. The van der Waals surface area contributed by atoms with Crippen molar-refractivity contribution in [1.29, 1.82) is 0 Å². The van der Waals surface area contributed by atoms with Gasteiger partial charge in [-0.2, -0.15) is 0 Å². The van der Waals surface area contributed by atoms with Gasteiger partial charge >= 0.3 is 5.97 Å². The molecule has 0 atom stereocenters. The van der Waals surface area contributed by atoms with E-state index in [1.54, 1.807) is 19.3 Å². The minimum atomic E-state index is -0.486. The van der Waals surface area contributed by atoms with Crippen molar-refractivity contribution in [1.82, 2.24) is 4.98 Å². The Morgan fingerprint density at radius 3 is 2.72 bits per heavy atom. The lowest BCUT2D eigenvalue weighted by Gasteiger charge is -1.99. The molecule has 0 amide bonds. The van der Waals surface area contributed by atoms with Gasteiger partial charge in [0.1, 0.15) is 30.1 Å². The summed E-state index contributed by atoms with van der Waals surface area (Å²) < 4.78 is 21.7. The zero-order chi connectivity index (χ0) is 17.6. The number of carbonyl (C=O) groups is 1. The van der Waals surface area contributed by atoms with Gasteiger partial charge in [0.15, 0.2) is 3.77 Å². The average Bonchev–Trinajstić information content (AvgIpc) is 3.27. The molecule has 2 aromatic heterocycles. The zero-order valence-corrected chi connectivity index (χ0v) is 15.4. The maximum absolute atomic E-state index is 11.7. The average molecular weight is 451 g/mol. The first-order valence-corrected chi connectivity index (χ1v) is 8.41. The molecular weight excluding hydrogens is 437 g/mol. The van der Waals surface area contributed by atoms with Crippen molar-refractivity contribution >= 4 is 34.6 Å². The molecule has 2 heterocycles. The second kappa shape index (κ2) is 8.02. The highest BCUT2D eigenvalue weighted by atomic mass is 127. The van der Waals surface area contributed by atoms with Gasteiger partial charge in [-0.15, -0.1) is 0 Å². The van der Waals surface area contributed by atoms with Gasteiger partial charge in [0.25, 0.3) is 0 Å². The maximum Gasteiger partial charge on any atom is 0.331 e. The van der Waals surface area contributed by atoms with Crippen LogP contribution in [0, 0.1) is 3.77 Å². The predicted molar refractivity (Wildman–Crippen MR) is 98.7 cm³/mol. The van der Waals surface area contributed by atoms with Crippen LogP contribution in [0.1, 0.15) is 11.5 Å². The van der Waals surface area contributed by atoms with E-state index in [2.05, 4.69) is 27.6 Å². The number of aromatic nitrogens is 1. The van der Waals surface area contributed by atoms with E-state index in [4.69, 9.17) is 18.3 Å². The lowest BCUT2D eigenvalue weighted by Crippen LogP contribution is -2.00. The Balaban J connectivity index is 1.55. The number of furan rings is 1. The molecular formula is C18H14INO5. The summed E-state index contributed by atoms with van der Waals surface area (Å²) in [7, 11) is 1.60. The molecule has 6 nitrogen and oxygen atoms in total. The third-order valence-corrected chi connectivity index (χ3v) is 3.81. The summed E-state index contributed by atoms with van der Waals surface area (Å²) >= 11 is 2.05. The van der Waals surface area contributed by atoms with Gasteiger partial charge in [0, 0.05) is 11.6 Å². The van der Waals surface area contributed by atoms with E-state index in [9.17, 15) is 4.79 Å². The van der Waals surface area contributed by atoms with Crippen LogP contribution in [0.5, 0.6) is 5.75 Å². The number of oxazole rings is 1. The number of methoxy groups -OCH3 is 1. The summed E-state index contributed by atoms with van der Waals surface area (Å²) in [6, 6.07) is 10.9. The molecule has 25 heavy (non-hydrogen) atoms. The number of hydrogen-bond donors (Lipinski definition) is 0. The predicted octanol–water partition coefficient (Wildman–Crippen LogP) is 4.30. The molecule has 0 bridgehead atoms. The van der Waals surface area contributed by atoms with Gasteiger partial charge in [-0.3, -0.25) is 0 Å². The monoisotopic (exact) mass is 451 g/mol. The van der Waals surface area contributed by atoms with Crippen molar-refractivity contribution in [3.8, 4) is 17.2 Å². The SMILES string of the molecule is COc1ccc(-c2nc(COC(=O)/C=C/c3ccc(I)o3)co2)cc1. The number of nitrogens with zero attached hydrogens (tertiary/aromatic N) is 1.